The maximum Gasteiger partial charge on any atom is 0.193 e. The van der Waals surface area contributed by atoms with Crippen LogP contribution in [0.3, 0.4) is 0 Å². The van der Waals surface area contributed by atoms with Crippen molar-refractivity contribution in [1.29, 1.82) is 0 Å². The summed E-state index contributed by atoms with van der Waals surface area (Å²) in [5, 5.41) is 3.50. The third-order valence-electron chi connectivity index (χ3n) is 4.79. The lowest BCUT2D eigenvalue weighted by molar-refractivity contribution is 0.273. The summed E-state index contributed by atoms with van der Waals surface area (Å²) in [7, 11) is 8.23. The first-order chi connectivity index (χ1) is 12.0. The Morgan fingerprint density at radius 1 is 1.28 bits per heavy atom. The first-order valence-electron chi connectivity index (χ1n) is 9.13. The highest BCUT2D eigenvalue weighted by molar-refractivity contribution is 9.10. The van der Waals surface area contributed by atoms with Gasteiger partial charge in [-0.3, -0.25) is 4.99 Å². The van der Waals surface area contributed by atoms with Gasteiger partial charge < -0.3 is 24.6 Å². The molecular weight excluding hydrogens is 380 g/mol. The Morgan fingerprint density at radius 2 is 2.08 bits per heavy atom. The van der Waals surface area contributed by atoms with Crippen LogP contribution in [0.15, 0.2) is 21.7 Å². The van der Waals surface area contributed by atoms with Crippen LogP contribution in [0, 0.1) is 0 Å². The molecule has 6 nitrogen and oxygen atoms in total. The average Bonchev–Trinajstić information content (AvgIpc) is 2.76. The van der Waals surface area contributed by atoms with Crippen LogP contribution in [-0.2, 0) is 13.6 Å². The third-order valence-corrected chi connectivity index (χ3v) is 5.23. The minimum Gasteiger partial charge on any atom is -0.356 e. The number of aryl methyl sites for hydroxylation is 1. The Morgan fingerprint density at radius 3 is 2.76 bits per heavy atom. The lowest BCUT2D eigenvalue weighted by Crippen LogP contribution is -2.40. The number of hydrogen-bond acceptors (Lipinski definition) is 3. The summed E-state index contributed by atoms with van der Waals surface area (Å²) >= 11 is 3.53. The van der Waals surface area contributed by atoms with Crippen molar-refractivity contribution < 1.29 is 0 Å². The standard InChI is InChI=1S/C18H33BrN6/c1-20-18(24(4)15-17-13-16(19)14-23(17)3)21-7-5-9-25-10-6-8-22(2)11-12-25/h13-14H,5-12,15H2,1-4H3,(H,20,21). The molecule has 7 heteroatoms. The van der Waals surface area contributed by atoms with Gasteiger partial charge >= 0.3 is 0 Å². The number of aliphatic imine (C=N–C) groups is 1. The predicted molar refractivity (Wildman–Crippen MR) is 109 cm³/mol. The van der Waals surface area contributed by atoms with E-state index in [1.165, 1.54) is 38.3 Å². The molecule has 0 aromatic carbocycles. The minimum atomic E-state index is 0.834. The summed E-state index contributed by atoms with van der Waals surface area (Å²) in [5.41, 5.74) is 1.26. The number of nitrogens with zero attached hydrogens (tertiary/aromatic N) is 5. The van der Waals surface area contributed by atoms with E-state index >= 15 is 0 Å². The van der Waals surface area contributed by atoms with Crippen molar-refractivity contribution >= 4 is 21.9 Å². The topological polar surface area (TPSA) is 39.0 Å². The van der Waals surface area contributed by atoms with Crippen molar-refractivity contribution in [2.24, 2.45) is 12.0 Å². The summed E-state index contributed by atoms with van der Waals surface area (Å²) in [6, 6.07) is 2.15. The number of nitrogens with one attached hydrogen (secondary N) is 1. The van der Waals surface area contributed by atoms with Crippen LogP contribution in [0.2, 0.25) is 0 Å². The summed E-state index contributed by atoms with van der Waals surface area (Å²) in [6.45, 7) is 7.77. The average molecular weight is 413 g/mol. The van der Waals surface area contributed by atoms with E-state index in [-0.39, 0.29) is 0 Å². The fourth-order valence-electron chi connectivity index (χ4n) is 3.25. The minimum absolute atomic E-state index is 0.834. The molecule has 1 fully saturated rings. The molecular formula is C18H33BrN6. The van der Waals surface area contributed by atoms with E-state index in [4.69, 9.17) is 0 Å². The molecule has 1 aromatic heterocycles. The van der Waals surface area contributed by atoms with E-state index in [1.807, 2.05) is 7.05 Å². The highest BCUT2D eigenvalue weighted by Crippen LogP contribution is 2.14. The molecule has 0 bridgehead atoms. The van der Waals surface area contributed by atoms with Gasteiger partial charge in [0, 0.05) is 57.1 Å². The van der Waals surface area contributed by atoms with Crippen molar-refractivity contribution in [3.05, 3.63) is 22.4 Å². The van der Waals surface area contributed by atoms with Crippen molar-refractivity contribution in [3.8, 4) is 0 Å². The van der Waals surface area contributed by atoms with Gasteiger partial charge in [0.05, 0.1) is 6.54 Å². The monoisotopic (exact) mass is 412 g/mol. The lowest BCUT2D eigenvalue weighted by Gasteiger charge is -2.23. The van der Waals surface area contributed by atoms with E-state index in [1.54, 1.807) is 0 Å². The zero-order valence-electron chi connectivity index (χ0n) is 16.1. The van der Waals surface area contributed by atoms with E-state index in [0.717, 1.165) is 36.5 Å². The number of guanidine groups is 1. The number of likely N-dealkylation sites (N-methyl/N-ethyl adjacent to an activating group) is 1. The van der Waals surface area contributed by atoms with Crippen LogP contribution < -0.4 is 5.32 Å². The highest BCUT2D eigenvalue weighted by atomic mass is 79.9. The fraction of sp³-hybridized carbons (Fsp3) is 0.722. The van der Waals surface area contributed by atoms with E-state index in [0.29, 0.717) is 0 Å². The molecule has 1 saturated heterocycles. The molecule has 0 amide bonds. The number of hydrogen-bond donors (Lipinski definition) is 1. The maximum atomic E-state index is 4.42. The van der Waals surface area contributed by atoms with Crippen molar-refractivity contribution in [2.75, 3.05) is 60.4 Å². The summed E-state index contributed by atoms with van der Waals surface area (Å²) in [6.07, 6.45) is 4.50. The van der Waals surface area contributed by atoms with Gasteiger partial charge in [-0.25, -0.2) is 0 Å². The van der Waals surface area contributed by atoms with Gasteiger partial charge in [0.25, 0.3) is 0 Å². The first kappa shape index (κ1) is 20.3. The Balaban J connectivity index is 1.71. The van der Waals surface area contributed by atoms with Crippen LogP contribution in [0.5, 0.6) is 0 Å². The molecule has 0 unspecified atom stereocenters. The number of halogens is 1. The summed E-state index contributed by atoms with van der Waals surface area (Å²) < 4.78 is 3.26. The summed E-state index contributed by atoms with van der Waals surface area (Å²) in [5.74, 6) is 0.952. The molecule has 1 aliphatic heterocycles. The zero-order chi connectivity index (χ0) is 18.2. The van der Waals surface area contributed by atoms with Gasteiger partial charge in [-0.1, -0.05) is 0 Å². The molecule has 2 heterocycles. The van der Waals surface area contributed by atoms with Crippen LogP contribution in [0.4, 0.5) is 0 Å². The van der Waals surface area contributed by atoms with Gasteiger partial charge in [0.15, 0.2) is 5.96 Å². The van der Waals surface area contributed by atoms with Crippen LogP contribution in [0.25, 0.3) is 0 Å². The SMILES string of the molecule is CN=C(NCCCN1CCCN(C)CC1)N(C)Cc1cc(Br)cn1C. The van der Waals surface area contributed by atoms with Crippen molar-refractivity contribution in [3.63, 3.8) is 0 Å². The molecule has 0 atom stereocenters. The molecule has 1 aliphatic rings. The van der Waals surface area contributed by atoms with E-state index in [2.05, 4.69) is 78.9 Å². The van der Waals surface area contributed by atoms with Crippen molar-refractivity contribution in [1.82, 2.24) is 24.6 Å². The van der Waals surface area contributed by atoms with Gasteiger partial charge in [-0.05, 0) is 61.5 Å². The molecule has 0 saturated carbocycles. The molecule has 142 valence electrons. The fourth-order valence-corrected chi connectivity index (χ4v) is 3.82. The highest BCUT2D eigenvalue weighted by Gasteiger charge is 2.12. The molecule has 25 heavy (non-hydrogen) atoms. The van der Waals surface area contributed by atoms with Crippen LogP contribution in [0.1, 0.15) is 18.5 Å². The second-order valence-corrected chi connectivity index (χ2v) is 7.86. The lowest BCUT2D eigenvalue weighted by atomic mass is 10.3. The smallest absolute Gasteiger partial charge is 0.193 e. The normalized spacial score (nSPS) is 17.6. The number of aromatic nitrogens is 1. The van der Waals surface area contributed by atoms with Crippen LogP contribution in [-0.4, -0.2) is 85.6 Å². The molecule has 0 radical (unpaired) electrons. The third kappa shape index (κ3) is 6.64. The Labute approximate surface area is 161 Å². The van der Waals surface area contributed by atoms with Crippen LogP contribution >= 0.6 is 15.9 Å². The molecule has 1 aromatic rings. The molecule has 0 aliphatic carbocycles. The maximum absolute atomic E-state index is 4.42. The van der Waals surface area contributed by atoms with Gasteiger partial charge in [-0.15, -0.1) is 0 Å². The molecule has 2 rings (SSSR count). The van der Waals surface area contributed by atoms with Gasteiger partial charge in [-0.2, -0.15) is 0 Å². The Bertz CT molecular complexity index is 556. The number of rotatable bonds is 6. The first-order valence-corrected chi connectivity index (χ1v) is 9.92. The second kappa shape index (κ2) is 10.2. The Hall–Kier alpha value is -1.05. The Kier molecular flexibility index (Phi) is 8.26. The van der Waals surface area contributed by atoms with E-state index < -0.39 is 0 Å². The van der Waals surface area contributed by atoms with E-state index in [9.17, 15) is 0 Å². The van der Waals surface area contributed by atoms with Crippen molar-refractivity contribution in [2.45, 2.75) is 19.4 Å². The molecule has 0 spiro atoms. The summed E-state index contributed by atoms with van der Waals surface area (Å²) in [4.78, 5) is 11.6. The van der Waals surface area contributed by atoms with Gasteiger partial charge in [0.2, 0.25) is 0 Å². The zero-order valence-corrected chi connectivity index (χ0v) is 17.7. The second-order valence-electron chi connectivity index (χ2n) is 6.94. The largest absolute Gasteiger partial charge is 0.356 e. The quantitative estimate of drug-likeness (QED) is 0.439. The van der Waals surface area contributed by atoms with Gasteiger partial charge in [0.1, 0.15) is 0 Å². The molecule has 1 N–H and O–H groups in total. The predicted octanol–water partition coefficient (Wildman–Crippen LogP) is 1.82.